The molecule has 0 spiro atoms. The minimum Gasteiger partial charge on any atom is -0.374 e. The zero-order chi connectivity index (χ0) is 14.5. The predicted molar refractivity (Wildman–Crippen MR) is 82.7 cm³/mol. The van der Waals surface area contributed by atoms with Gasteiger partial charge in [-0.25, -0.2) is 4.98 Å². The summed E-state index contributed by atoms with van der Waals surface area (Å²) in [5.74, 6) is 0. The van der Waals surface area contributed by atoms with Crippen LogP contribution in [0.15, 0.2) is 0 Å². The molecule has 1 rings (SSSR count). The van der Waals surface area contributed by atoms with Crippen molar-refractivity contribution in [3.8, 4) is 0 Å². The lowest BCUT2D eigenvalue weighted by molar-refractivity contribution is 0.121. The van der Waals surface area contributed by atoms with Crippen LogP contribution >= 0.6 is 11.3 Å². The van der Waals surface area contributed by atoms with Crippen molar-refractivity contribution in [2.45, 2.75) is 72.6 Å². The molecule has 3 nitrogen and oxygen atoms in total. The topological polar surface area (TPSA) is 34.1 Å². The van der Waals surface area contributed by atoms with Gasteiger partial charge in [0, 0.05) is 29.5 Å². The highest BCUT2D eigenvalue weighted by molar-refractivity contribution is 7.11. The zero-order valence-corrected chi connectivity index (χ0v) is 14.0. The SMILES string of the molecule is CCCOCc1nc(C(C)(C)C)c(CNC(C)C)s1. The van der Waals surface area contributed by atoms with E-state index in [2.05, 4.69) is 46.9 Å². The Balaban J connectivity index is 2.80. The molecule has 1 aromatic rings. The molecule has 19 heavy (non-hydrogen) atoms. The van der Waals surface area contributed by atoms with Crippen LogP contribution in [0.5, 0.6) is 0 Å². The molecule has 0 amide bonds. The molecule has 0 aromatic carbocycles. The molecule has 0 aliphatic heterocycles. The average molecular weight is 284 g/mol. The number of nitrogens with zero attached hydrogens (tertiary/aromatic N) is 1. The van der Waals surface area contributed by atoms with Crippen molar-refractivity contribution < 1.29 is 4.74 Å². The van der Waals surface area contributed by atoms with Crippen LogP contribution < -0.4 is 5.32 Å². The predicted octanol–water partition coefficient (Wildman–Crippen LogP) is 3.87. The lowest BCUT2D eigenvalue weighted by Gasteiger charge is -2.18. The third-order valence-corrected chi connectivity index (χ3v) is 3.73. The third-order valence-electron chi connectivity index (χ3n) is 2.70. The van der Waals surface area contributed by atoms with Crippen LogP contribution in [0, 0.1) is 0 Å². The highest BCUT2D eigenvalue weighted by Gasteiger charge is 2.23. The van der Waals surface area contributed by atoms with Crippen LogP contribution in [0.1, 0.15) is 63.5 Å². The number of thiazole rings is 1. The van der Waals surface area contributed by atoms with Crippen molar-refractivity contribution >= 4 is 11.3 Å². The number of hydrogen-bond donors (Lipinski definition) is 1. The Labute approximate surface area is 121 Å². The van der Waals surface area contributed by atoms with Crippen molar-refractivity contribution in [3.05, 3.63) is 15.6 Å². The fourth-order valence-corrected chi connectivity index (χ4v) is 2.94. The van der Waals surface area contributed by atoms with Crippen LogP contribution in [0.3, 0.4) is 0 Å². The molecule has 0 bridgehead atoms. The van der Waals surface area contributed by atoms with Crippen LogP contribution in [-0.2, 0) is 23.3 Å². The number of hydrogen-bond acceptors (Lipinski definition) is 4. The Bertz CT molecular complexity index is 380. The first-order valence-corrected chi connectivity index (χ1v) is 7.96. The molecular weight excluding hydrogens is 256 g/mol. The number of ether oxygens (including phenoxy) is 1. The molecule has 0 unspecified atom stereocenters. The molecule has 0 aliphatic rings. The first kappa shape index (κ1) is 16.6. The highest BCUT2D eigenvalue weighted by Crippen LogP contribution is 2.30. The maximum atomic E-state index is 5.60. The zero-order valence-electron chi connectivity index (χ0n) is 13.2. The van der Waals surface area contributed by atoms with Crippen LogP contribution in [0.2, 0.25) is 0 Å². The number of rotatable bonds is 7. The molecule has 1 heterocycles. The van der Waals surface area contributed by atoms with E-state index in [0.29, 0.717) is 12.6 Å². The molecule has 0 fully saturated rings. The van der Waals surface area contributed by atoms with E-state index in [-0.39, 0.29) is 5.41 Å². The molecule has 0 saturated heterocycles. The summed E-state index contributed by atoms with van der Waals surface area (Å²) in [4.78, 5) is 6.13. The molecule has 0 aliphatic carbocycles. The smallest absolute Gasteiger partial charge is 0.119 e. The second kappa shape index (κ2) is 7.36. The van der Waals surface area contributed by atoms with Crippen molar-refractivity contribution in [3.63, 3.8) is 0 Å². The molecular formula is C15H28N2OS. The molecule has 4 heteroatoms. The van der Waals surface area contributed by atoms with Crippen LogP contribution in [-0.4, -0.2) is 17.6 Å². The van der Waals surface area contributed by atoms with Crippen molar-refractivity contribution in [2.75, 3.05) is 6.61 Å². The van der Waals surface area contributed by atoms with Crippen LogP contribution in [0.25, 0.3) is 0 Å². The standard InChI is InChI=1S/C15H28N2OS/c1-7-8-18-10-13-17-14(15(4,5)6)12(19-13)9-16-11(2)3/h11,16H,7-10H2,1-6H3. The normalized spacial score (nSPS) is 12.4. The van der Waals surface area contributed by atoms with E-state index in [1.165, 1.54) is 10.6 Å². The van der Waals surface area contributed by atoms with Gasteiger partial charge in [-0.1, -0.05) is 41.5 Å². The molecule has 0 atom stereocenters. The third kappa shape index (κ3) is 5.59. The fourth-order valence-electron chi connectivity index (χ4n) is 1.77. The second-order valence-electron chi connectivity index (χ2n) is 6.22. The van der Waals surface area contributed by atoms with Crippen molar-refractivity contribution in [2.24, 2.45) is 0 Å². The molecule has 110 valence electrons. The quantitative estimate of drug-likeness (QED) is 0.772. The van der Waals surface area contributed by atoms with E-state index in [4.69, 9.17) is 9.72 Å². The van der Waals surface area contributed by atoms with E-state index in [9.17, 15) is 0 Å². The largest absolute Gasteiger partial charge is 0.374 e. The maximum Gasteiger partial charge on any atom is 0.119 e. The van der Waals surface area contributed by atoms with Gasteiger partial charge in [0.15, 0.2) is 0 Å². The van der Waals surface area contributed by atoms with Gasteiger partial charge in [-0.3, -0.25) is 0 Å². The highest BCUT2D eigenvalue weighted by atomic mass is 32.1. The minimum absolute atomic E-state index is 0.0908. The van der Waals surface area contributed by atoms with E-state index < -0.39 is 0 Å². The van der Waals surface area contributed by atoms with Gasteiger partial charge in [0.1, 0.15) is 5.01 Å². The lowest BCUT2D eigenvalue weighted by atomic mass is 9.91. The van der Waals surface area contributed by atoms with Crippen LogP contribution in [0.4, 0.5) is 0 Å². The molecule has 1 aromatic heterocycles. The summed E-state index contributed by atoms with van der Waals surface area (Å²) in [6, 6.07) is 0.495. The summed E-state index contributed by atoms with van der Waals surface area (Å²) in [6.07, 6.45) is 1.05. The van der Waals surface area contributed by atoms with E-state index in [0.717, 1.165) is 24.6 Å². The molecule has 0 saturated carbocycles. The van der Waals surface area contributed by atoms with Gasteiger partial charge >= 0.3 is 0 Å². The van der Waals surface area contributed by atoms with E-state index in [1.807, 2.05) is 0 Å². The minimum atomic E-state index is 0.0908. The summed E-state index contributed by atoms with van der Waals surface area (Å²) in [6.45, 7) is 15.5. The maximum absolute atomic E-state index is 5.60. The lowest BCUT2D eigenvalue weighted by Crippen LogP contribution is -2.23. The van der Waals surface area contributed by atoms with Gasteiger partial charge in [-0.2, -0.15) is 0 Å². The first-order valence-electron chi connectivity index (χ1n) is 7.14. The van der Waals surface area contributed by atoms with Gasteiger partial charge < -0.3 is 10.1 Å². The van der Waals surface area contributed by atoms with E-state index in [1.54, 1.807) is 11.3 Å². The monoisotopic (exact) mass is 284 g/mol. The summed E-state index contributed by atoms with van der Waals surface area (Å²) in [5, 5.41) is 4.58. The molecule has 1 N–H and O–H groups in total. The summed E-state index contributed by atoms with van der Waals surface area (Å²) >= 11 is 1.78. The average Bonchev–Trinajstić information content (AvgIpc) is 2.70. The van der Waals surface area contributed by atoms with E-state index >= 15 is 0 Å². The number of nitrogens with one attached hydrogen (secondary N) is 1. The Morgan fingerprint density at radius 3 is 2.53 bits per heavy atom. The Morgan fingerprint density at radius 2 is 2.00 bits per heavy atom. The van der Waals surface area contributed by atoms with Gasteiger partial charge in [-0.05, 0) is 6.42 Å². The Kier molecular flexibility index (Phi) is 6.43. The summed E-state index contributed by atoms with van der Waals surface area (Å²) < 4.78 is 5.60. The van der Waals surface area contributed by atoms with Crippen molar-refractivity contribution in [1.82, 2.24) is 10.3 Å². The van der Waals surface area contributed by atoms with Gasteiger partial charge in [0.2, 0.25) is 0 Å². The Hall–Kier alpha value is -0.450. The van der Waals surface area contributed by atoms with Gasteiger partial charge in [-0.15, -0.1) is 11.3 Å². The fraction of sp³-hybridized carbons (Fsp3) is 0.800. The second-order valence-corrected chi connectivity index (χ2v) is 7.39. The van der Waals surface area contributed by atoms with Gasteiger partial charge in [0.25, 0.3) is 0 Å². The van der Waals surface area contributed by atoms with Crippen molar-refractivity contribution in [1.29, 1.82) is 0 Å². The first-order chi connectivity index (χ1) is 8.84. The van der Waals surface area contributed by atoms with Gasteiger partial charge in [0.05, 0.1) is 12.3 Å². The molecule has 0 radical (unpaired) electrons. The summed E-state index contributed by atoms with van der Waals surface area (Å²) in [5.41, 5.74) is 1.30. The Morgan fingerprint density at radius 1 is 1.32 bits per heavy atom. The number of aromatic nitrogens is 1. The summed E-state index contributed by atoms with van der Waals surface area (Å²) in [7, 11) is 0.